The fourth-order valence-electron chi connectivity index (χ4n) is 3.50. The van der Waals surface area contributed by atoms with Gasteiger partial charge < -0.3 is 15.2 Å². The van der Waals surface area contributed by atoms with Gasteiger partial charge in [-0.2, -0.15) is 5.26 Å². The third-order valence-corrected chi connectivity index (χ3v) is 5.13. The van der Waals surface area contributed by atoms with E-state index in [-0.39, 0.29) is 5.69 Å². The van der Waals surface area contributed by atoms with Crippen LogP contribution >= 0.6 is 0 Å². The Bertz CT molecular complexity index is 1400. The molecule has 6 nitrogen and oxygen atoms in total. The van der Waals surface area contributed by atoms with Crippen LogP contribution in [-0.2, 0) is 4.79 Å². The third-order valence-electron chi connectivity index (χ3n) is 5.13. The molecule has 2 heterocycles. The molecule has 0 aliphatic rings. The zero-order valence-corrected chi connectivity index (χ0v) is 18.3. The number of pyridine rings is 1. The van der Waals surface area contributed by atoms with Crippen molar-refractivity contribution in [2.45, 2.75) is 0 Å². The number of anilines is 1. The molecule has 0 saturated heterocycles. The van der Waals surface area contributed by atoms with Gasteiger partial charge in [0.2, 0.25) is 5.91 Å². The van der Waals surface area contributed by atoms with Crippen LogP contribution in [0.15, 0.2) is 73.1 Å². The number of amides is 1. The number of nitrogens with one attached hydrogen (secondary N) is 2. The maximum absolute atomic E-state index is 14.4. The third kappa shape index (κ3) is 4.97. The van der Waals surface area contributed by atoms with Crippen LogP contribution in [0.1, 0.15) is 5.56 Å². The van der Waals surface area contributed by atoms with Gasteiger partial charge in [-0.1, -0.05) is 24.3 Å². The number of hydrogen-bond donors (Lipinski definition) is 2. The van der Waals surface area contributed by atoms with Gasteiger partial charge in [0, 0.05) is 41.5 Å². The van der Waals surface area contributed by atoms with Crippen LogP contribution in [0.25, 0.3) is 33.3 Å². The van der Waals surface area contributed by atoms with Crippen molar-refractivity contribution in [1.29, 1.82) is 5.26 Å². The molecule has 0 atom stereocenters. The summed E-state index contributed by atoms with van der Waals surface area (Å²) in [6.07, 6.45) is 6.66. The van der Waals surface area contributed by atoms with Crippen molar-refractivity contribution in [3.05, 3.63) is 84.5 Å². The molecule has 0 unspecified atom stereocenters. The van der Waals surface area contributed by atoms with Crippen LogP contribution in [0.3, 0.4) is 0 Å². The molecule has 0 aliphatic heterocycles. The lowest BCUT2D eigenvalue weighted by Gasteiger charge is -2.09. The highest BCUT2D eigenvalue weighted by atomic mass is 19.1. The predicted molar refractivity (Wildman–Crippen MR) is 128 cm³/mol. The van der Waals surface area contributed by atoms with Gasteiger partial charge in [0.1, 0.15) is 11.5 Å². The Morgan fingerprint density at radius 2 is 2.03 bits per heavy atom. The van der Waals surface area contributed by atoms with Crippen LogP contribution in [0.2, 0.25) is 0 Å². The van der Waals surface area contributed by atoms with E-state index in [2.05, 4.69) is 21.4 Å². The standard InChI is InChI=1S/C26H22FN5O/c1-32(2)10-4-7-25(33)31-24-13-18(8-9-23(24)27)20-12-21-22(16-30-26(21)29-15-20)19-6-3-5-17(11-19)14-28/h3-9,11-13,15-16H,10H2,1-2H3,(H,29,30)(H,31,33)/b7-4+. The van der Waals surface area contributed by atoms with Gasteiger partial charge in [-0.3, -0.25) is 4.79 Å². The summed E-state index contributed by atoms with van der Waals surface area (Å²) >= 11 is 0. The lowest BCUT2D eigenvalue weighted by atomic mass is 10.0. The summed E-state index contributed by atoms with van der Waals surface area (Å²) in [6, 6.07) is 16.0. The molecule has 2 aromatic carbocycles. The first-order valence-electron chi connectivity index (χ1n) is 10.3. The molecule has 164 valence electrons. The molecule has 2 N–H and O–H groups in total. The summed E-state index contributed by atoms with van der Waals surface area (Å²) in [5.74, 6) is -0.912. The van der Waals surface area contributed by atoms with Crippen molar-refractivity contribution in [2.75, 3.05) is 26.0 Å². The van der Waals surface area contributed by atoms with E-state index in [1.54, 1.807) is 30.5 Å². The first kappa shape index (κ1) is 21.9. The lowest BCUT2D eigenvalue weighted by molar-refractivity contribution is -0.111. The van der Waals surface area contributed by atoms with Gasteiger partial charge in [0.05, 0.1) is 17.3 Å². The van der Waals surface area contributed by atoms with Crippen molar-refractivity contribution in [1.82, 2.24) is 14.9 Å². The lowest BCUT2D eigenvalue weighted by Crippen LogP contribution is -2.13. The van der Waals surface area contributed by atoms with Crippen molar-refractivity contribution in [3.8, 4) is 28.3 Å². The highest BCUT2D eigenvalue weighted by molar-refractivity contribution is 6.00. The molecule has 0 saturated carbocycles. The van der Waals surface area contributed by atoms with E-state index in [9.17, 15) is 14.4 Å². The Morgan fingerprint density at radius 1 is 1.18 bits per heavy atom. The topological polar surface area (TPSA) is 84.8 Å². The van der Waals surface area contributed by atoms with E-state index in [0.717, 1.165) is 27.6 Å². The van der Waals surface area contributed by atoms with E-state index >= 15 is 0 Å². The average Bonchev–Trinajstić information content (AvgIpc) is 3.23. The summed E-state index contributed by atoms with van der Waals surface area (Å²) in [4.78, 5) is 21.7. The number of hydrogen-bond acceptors (Lipinski definition) is 4. The molecule has 4 rings (SSSR count). The number of aromatic amines is 1. The summed E-state index contributed by atoms with van der Waals surface area (Å²) in [5, 5.41) is 12.7. The fraction of sp³-hybridized carbons (Fsp3) is 0.115. The molecule has 0 radical (unpaired) electrons. The first-order chi connectivity index (χ1) is 15.9. The minimum absolute atomic E-state index is 0.100. The van der Waals surface area contributed by atoms with E-state index in [1.807, 2.05) is 49.5 Å². The van der Waals surface area contributed by atoms with Crippen molar-refractivity contribution < 1.29 is 9.18 Å². The average molecular weight is 439 g/mol. The molecular formula is C26H22FN5O. The van der Waals surface area contributed by atoms with Crippen molar-refractivity contribution >= 4 is 22.6 Å². The monoisotopic (exact) mass is 439 g/mol. The smallest absolute Gasteiger partial charge is 0.248 e. The Labute approximate surface area is 191 Å². The van der Waals surface area contributed by atoms with E-state index in [0.29, 0.717) is 17.8 Å². The summed E-state index contributed by atoms with van der Waals surface area (Å²) in [5.41, 5.74) is 4.69. The molecule has 0 aliphatic carbocycles. The number of carbonyl (C=O) groups excluding carboxylic acids is 1. The van der Waals surface area contributed by atoms with E-state index < -0.39 is 11.7 Å². The molecule has 0 bridgehead atoms. The Morgan fingerprint density at radius 3 is 2.82 bits per heavy atom. The number of carbonyl (C=O) groups is 1. The second-order valence-corrected chi connectivity index (χ2v) is 7.86. The molecule has 4 aromatic rings. The van der Waals surface area contributed by atoms with Gasteiger partial charge >= 0.3 is 0 Å². The number of fused-ring (bicyclic) bond motifs is 1. The maximum Gasteiger partial charge on any atom is 0.248 e. The number of aromatic nitrogens is 2. The number of halogens is 1. The van der Waals surface area contributed by atoms with Gasteiger partial charge in [0.25, 0.3) is 0 Å². The van der Waals surface area contributed by atoms with Crippen LogP contribution < -0.4 is 5.32 Å². The number of nitriles is 1. The fourth-order valence-corrected chi connectivity index (χ4v) is 3.50. The normalized spacial score (nSPS) is 11.2. The maximum atomic E-state index is 14.4. The molecule has 2 aromatic heterocycles. The molecule has 1 amide bonds. The van der Waals surface area contributed by atoms with Crippen LogP contribution in [-0.4, -0.2) is 41.4 Å². The number of benzene rings is 2. The molecule has 7 heteroatoms. The largest absolute Gasteiger partial charge is 0.346 e. The Balaban J connectivity index is 1.66. The SMILES string of the molecule is CN(C)C/C=C/C(=O)Nc1cc(-c2cnc3[nH]cc(-c4cccc(C#N)c4)c3c2)ccc1F. The summed E-state index contributed by atoms with van der Waals surface area (Å²) in [7, 11) is 3.79. The zero-order valence-electron chi connectivity index (χ0n) is 18.3. The second-order valence-electron chi connectivity index (χ2n) is 7.86. The van der Waals surface area contributed by atoms with Crippen LogP contribution in [0.4, 0.5) is 10.1 Å². The highest BCUT2D eigenvalue weighted by Gasteiger charge is 2.12. The highest BCUT2D eigenvalue weighted by Crippen LogP contribution is 2.32. The minimum Gasteiger partial charge on any atom is -0.346 e. The van der Waals surface area contributed by atoms with Crippen LogP contribution in [0, 0.1) is 17.1 Å². The van der Waals surface area contributed by atoms with E-state index in [1.165, 1.54) is 12.1 Å². The van der Waals surface area contributed by atoms with E-state index in [4.69, 9.17) is 0 Å². The van der Waals surface area contributed by atoms with Crippen molar-refractivity contribution in [2.24, 2.45) is 0 Å². The summed E-state index contributed by atoms with van der Waals surface area (Å²) in [6.45, 7) is 0.609. The van der Waals surface area contributed by atoms with Crippen molar-refractivity contribution in [3.63, 3.8) is 0 Å². The Kier molecular flexibility index (Phi) is 6.29. The first-order valence-corrected chi connectivity index (χ1v) is 10.3. The minimum atomic E-state index is -0.516. The Hall–Kier alpha value is -4.28. The number of H-pyrrole nitrogens is 1. The molecule has 0 spiro atoms. The van der Waals surface area contributed by atoms with Gasteiger partial charge in [-0.25, -0.2) is 9.37 Å². The summed E-state index contributed by atoms with van der Waals surface area (Å²) < 4.78 is 14.4. The quantitative estimate of drug-likeness (QED) is 0.416. The van der Waals surface area contributed by atoms with Gasteiger partial charge in [0.15, 0.2) is 0 Å². The number of likely N-dealkylation sites (N-methyl/N-ethyl adjacent to an activating group) is 1. The molecular weight excluding hydrogens is 417 g/mol. The van der Waals surface area contributed by atoms with Gasteiger partial charge in [-0.05, 0) is 55.6 Å². The van der Waals surface area contributed by atoms with Crippen LogP contribution in [0.5, 0.6) is 0 Å². The predicted octanol–water partition coefficient (Wildman–Crippen LogP) is 4.96. The number of rotatable bonds is 6. The molecule has 33 heavy (non-hydrogen) atoms. The van der Waals surface area contributed by atoms with Gasteiger partial charge in [-0.15, -0.1) is 0 Å². The number of nitrogens with zero attached hydrogens (tertiary/aromatic N) is 3. The second kappa shape index (κ2) is 9.47. The zero-order chi connectivity index (χ0) is 23.4. The molecule has 0 fully saturated rings.